The lowest BCUT2D eigenvalue weighted by Crippen LogP contribution is -2.05. The van der Waals surface area contributed by atoms with E-state index in [9.17, 15) is 0 Å². The first-order valence-corrected chi connectivity index (χ1v) is 4.32. The number of nitrogens with one attached hydrogen (secondary N) is 1. The van der Waals surface area contributed by atoms with Gasteiger partial charge in [0.15, 0.2) is 0 Å². The molecule has 0 fully saturated rings. The van der Waals surface area contributed by atoms with Gasteiger partial charge in [0.25, 0.3) is 0 Å². The van der Waals surface area contributed by atoms with Crippen LogP contribution < -0.4 is 5.32 Å². The van der Waals surface area contributed by atoms with Crippen LogP contribution in [0.25, 0.3) is 10.8 Å². The maximum Gasteiger partial charge on any atom is 0.0479 e. The van der Waals surface area contributed by atoms with E-state index < -0.39 is 6.50 Å². The summed E-state index contributed by atoms with van der Waals surface area (Å²) in [5.74, 6) is 0. The fourth-order valence-electron chi connectivity index (χ4n) is 1.47. The molecule has 0 spiro atoms. The van der Waals surface area contributed by atoms with E-state index in [1.807, 2.05) is 42.5 Å². The molecule has 0 saturated heterocycles. The first-order chi connectivity index (χ1) is 7.15. The Labute approximate surface area is 81.2 Å². The summed E-state index contributed by atoms with van der Waals surface area (Å²) < 4.78 is 15.7. The van der Waals surface area contributed by atoms with Crippen LogP contribution in [0, 0.1) is 0 Å². The molecule has 2 rings (SSSR count). The summed E-state index contributed by atoms with van der Waals surface area (Å²) in [6, 6.07) is 13.5. The Morgan fingerprint density at radius 2 is 1.92 bits per heavy atom. The highest BCUT2D eigenvalue weighted by Gasteiger charge is 1.97. The zero-order valence-corrected chi connectivity index (χ0v) is 7.54. The molecule has 1 nitrogen and oxygen atoms in total. The Hall–Kier alpha value is -1.34. The van der Waals surface area contributed by atoms with Gasteiger partial charge in [-0.1, -0.05) is 42.5 Å². The molecule has 66 valence electrons. The third kappa shape index (κ3) is 1.56. The van der Waals surface area contributed by atoms with E-state index >= 15 is 0 Å². The number of fused-ring (bicyclic) bond motifs is 1. The highest BCUT2D eigenvalue weighted by atomic mass is 14.8. The third-order valence-corrected chi connectivity index (χ3v) is 2.05. The Balaban J connectivity index is 2.71. The molecule has 0 radical (unpaired) electrons. The van der Waals surface area contributed by atoms with E-state index in [2.05, 4.69) is 5.32 Å². The van der Waals surface area contributed by atoms with Crippen molar-refractivity contribution in [3.63, 3.8) is 0 Å². The molecule has 2 aromatic rings. The van der Waals surface area contributed by atoms with Crippen LogP contribution in [0.15, 0.2) is 42.5 Å². The summed E-state index contributed by atoms with van der Waals surface area (Å²) in [6.07, 6.45) is 0. The molecule has 1 heteroatoms. The maximum atomic E-state index is 7.85. The average Bonchev–Trinajstić information content (AvgIpc) is 2.28. The molecular formula is C12H13N. The van der Waals surface area contributed by atoms with Crippen LogP contribution >= 0.6 is 0 Å². The Bertz CT molecular complexity index is 475. The number of hydrogen-bond acceptors (Lipinski definition) is 1. The molecule has 0 unspecified atom stereocenters. The second-order valence-corrected chi connectivity index (χ2v) is 2.90. The van der Waals surface area contributed by atoms with Gasteiger partial charge in [0.2, 0.25) is 0 Å². The lowest BCUT2D eigenvalue weighted by molar-refractivity contribution is 0.824. The van der Waals surface area contributed by atoms with E-state index in [1.54, 1.807) is 7.05 Å². The van der Waals surface area contributed by atoms with Crippen molar-refractivity contribution in [1.29, 1.82) is 0 Å². The summed E-state index contributed by atoms with van der Waals surface area (Å²) in [7, 11) is 1.63. The lowest BCUT2D eigenvalue weighted by atomic mass is 10.0. The van der Waals surface area contributed by atoms with E-state index in [4.69, 9.17) is 2.74 Å². The molecule has 13 heavy (non-hydrogen) atoms. The van der Waals surface area contributed by atoms with Crippen molar-refractivity contribution in [2.24, 2.45) is 0 Å². The van der Waals surface area contributed by atoms with Gasteiger partial charge < -0.3 is 5.32 Å². The quantitative estimate of drug-likeness (QED) is 0.736. The van der Waals surface area contributed by atoms with Crippen LogP contribution in [0.1, 0.15) is 8.30 Å². The number of hydrogen-bond donors (Lipinski definition) is 1. The standard InChI is InChI=1S/C12H13N/c1-13-9-11-7-4-6-10-5-2-3-8-12(10)11/h2-8,13H,9H2,1H3/i9D2. The summed E-state index contributed by atoms with van der Waals surface area (Å²) in [4.78, 5) is 0. The fourth-order valence-corrected chi connectivity index (χ4v) is 1.47. The molecule has 0 aromatic heterocycles. The smallest absolute Gasteiger partial charge is 0.0479 e. The molecule has 0 aliphatic carbocycles. The largest absolute Gasteiger partial charge is 0.316 e. The molecule has 1 N–H and O–H groups in total. The fraction of sp³-hybridized carbons (Fsp3) is 0.167. The van der Waals surface area contributed by atoms with Crippen LogP contribution in [0.4, 0.5) is 0 Å². The molecule has 0 aliphatic heterocycles. The van der Waals surface area contributed by atoms with Crippen LogP contribution in [-0.4, -0.2) is 7.05 Å². The molecule has 0 bridgehead atoms. The number of benzene rings is 2. The highest BCUT2D eigenvalue weighted by molar-refractivity contribution is 5.85. The zero-order valence-electron chi connectivity index (χ0n) is 9.54. The van der Waals surface area contributed by atoms with Gasteiger partial charge in [-0.3, -0.25) is 0 Å². The minimum Gasteiger partial charge on any atom is -0.316 e. The molecule has 0 amide bonds. The van der Waals surface area contributed by atoms with Gasteiger partial charge in [-0.05, 0) is 23.4 Å². The molecule has 0 atom stereocenters. The van der Waals surface area contributed by atoms with Crippen molar-refractivity contribution in [3.8, 4) is 0 Å². The second kappa shape index (κ2) is 3.58. The average molecular weight is 173 g/mol. The first-order valence-electron chi connectivity index (χ1n) is 5.32. The van der Waals surface area contributed by atoms with Crippen molar-refractivity contribution in [2.45, 2.75) is 6.50 Å². The molecule has 2 aromatic carbocycles. The predicted octanol–water partition coefficient (Wildman–Crippen LogP) is 2.56. The number of rotatable bonds is 2. The van der Waals surface area contributed by atoms with E-state index in [0.29, 0.717) is 5.56 Å². The van der Waals surface area contributed by atoms with Crippen molar-refractivity contribution >= 4 is 10.8 Å². The summed E-state index contributed by atoms with van der Waals surface area (Å²) in [5.41, 5.74) is 0.683. The predicted molar refractivity (Wildman–Crippen MR) is 56.7 cm³/mol. The molecule has 0 aliphatic rings. The molecule has 0 saturated carbocycles. The zero-order chi connectivity index (χ0) is 10.9. The third-order valence-electron chi connectivity index (χ3n) is 2.05. The lowest BCUT2D eigenvalue weighted by Gasteiger charge is -2.04. The Kier molecular flexibility index (Phi) is 1.70. The van der Waals surface area contributed by atoms with Gasteiger partial charge in [0.05, 0.1) is 0 Å². The summed E-state index contributed by atoms with van der Waals surface area (Å²) >= 11 is 0. The summed E-state index contributed by atoms with van der Waals surface area (Å²) in [5, 5.41) is 4.70. The topological polar surface area (TPSA) is 12.0 Å². The van der Waals surface area contributed by atoms with Crippen molar-refractivity contribution in [3.05, 3.63) is 48.0 Å². The van der Waals surface area contributed by atoms with E-state index in [0.717, 1.165) is 10.8 Å². The minimum absolute atomic E-state index is 0.683. The minimum atomic E-state index is -1.49. The van der Waals surface area contributed by atoms with Crippen molar-refractivity contribution < 1.29 is 2.74 Å². The van der Waals surface area contributed by atoms with Gasteiger partial charge in [0.1, 0.15) is 0 Å². The second-order valence-electron chi connectivity index (χ2n) is 2.90. The summed E-state index contributed by atoms with van der Waals surface area (Å²) in [6.45, 7) is -1.49. The van der Waals surface area contributed by atoms with Crippen LogP contribution in [-0.2, 0) is 6.50 Å². The van der Waals surface area contributed by atoms with Crippen LogP contribution in [0.5, 0.6) is 0 Å². The van der Waals surface area contributed by atoms with Gasteiger partial charge in [-0.15, -0.1) is 0 Å². The van der Waals surface area contributed by atoms with Gasteiger partial charge in [-0.25, -0.2) is 0 Å². The monoisotopic (exact) mass is 173 g/mol. The maximum absolute atomic E-state index is 7.85. The highest BCUT2D eigenvalue weighted by Crippen LogP contribution is 2.17. The van der Waals surface area contributed by atoms with Gasteiger partial charge >= 0.3 is 0 Å². The Morgan fingerprint density at radius 1 is 1.15 bits per heavy atom. The van der Waals surface area contributed by atoms with Crippen molar-refractivity contribution in [1.82, 2.24) is 5.32 Å². The normalized spacial score (nSPS) is 13.9. The SMILES string of the molecule is [2H]C([2H])(NC)c1cccc2ccccc12. The first kappa shape index (κ1) is 6.17. The van der Waals surface area contributed by atoms with Crippen molar-refractivity contribution in [2.75, 3.05) is 7.05 Å². The van der Waals surface area contributed by atoms with Gasteiger partial charge in [-0.2, -0.15) is 0 Å². The molecular weight excluding hydrogens is 158 g/mol. The van der Waals surface area contributed by atoms with Gasteiger partial charge in [0, 0.05) is 9.24 Å². The molecule has 0 heterocycles. The Morgan fingerprint density at radius 3 is 2.77 bits per heavy atom. The van der Waals surface area contributed by atoms with E-state index in [-0.39, 0.29) is 0 Å². The van der Waals surface area contributed by atoms with Crippen LogP contribution in [0.2, 0.25) is 0 Å². The van der Waals surface area contributed by atoms with E-state index in [1.165, 1.54) is 0 Å². The van der Waals surface area contributed by atoms with Crippen LogP contribution in [0.3, 0.4) is 0 Å².